The molecule has 4 aromatic rings. The van der Waals surface area contributed by atoms with E-state index < -0.39 is 0 Å². The summed E-state index contributed by atoms with van der Waals surface area (Å²) in [5, 5.41) is 2.76. The predicted octanol–water partition coefficient (Wildman–Crippen LogP) is 6.83. The minimum Gasteiger partial charge on any atom is -0.467 e. The number of thioether (sulfide) groups is 1. The van der Waals surface area contributed by atoms with E-state index in [1.54, 1.807) is 65.4 Å². The van der Waals surface area contributed by atoms with Crippen LogP contribution in [0.1, 0.15) is 69.3 Å². The molecule has 7 heteroatoms. The second-order valence-corrected chi connectivity index (χ2v) is 11.6. The Morgan fingerprint density at radius 1 is 0.923 bits per heavy atom. The zero-order valence-electron chi connectivity index (χ0n) is 22.1. The van der Waals surface area contributed by atoms with Crippen molar-refractivity contribution in [3.05, 3.63) is 125 Å². The molecule has 0 bridgehead atoms. The summed E-state index contributed by atoms with van der Waals surface area (Å²) in [7, 11) is 0. The molecule has 2 amide bonds. The Morgan fingerprint density at radius 2 is 1.64 bits per heavy atom. The first-order chi connectivity index (χ1) is 18.7. The third-order valence-corrected chi connectivity index (χ3v) is 7.98. The molecule has 3 aromatic carbocycles. The number of rotatable bonds is 7. The van der Waals surface area contributed by atoms with E-state index in [2.05, 4.69) is 26.1 Å². The number of carbonyl (C=O) groups is 3. The molecule has 1 N–H and O–H groups in total. The van der Waals surface area contributed by atoms with Gasteiger partial charge in [-0.1, -0.05) is 69.3 Å². The Hall–Kier alpha value is -4.10. The normalized spacial score (nSPS) is 15.4. The maximum absolute atomic E-state index is 13.1. The molecule has 0 spiro atoms. The van der Waals surface area contributed by atoms with E-state index in [0.29, 0.717) is 34.7 Å². The number of benzene rings is 3. The van der Waals surface area contributed by atoms with Crippen molar-refractivity contribution < 1.29 is 18.8 Å². The van der Waals surface area contributed by atoms with Gasteiger partial charge in [-0.25, -0.2) is 0 Å². The van der Waals surface area contributed by atoms with Gasteiger partial charge in [-0.15, -0.1) is 11.8 Å². The van der Waals surface area contributed by atoms with Crippen LogP contribution in [0.4, 0.5) is 5.69 Å². The molecule has 5 rings (SSSR count). The van der Waals surface area contributed by atoms with Crippen LogP contribution in [0, 0.1) is 0 Å². The van der Waals surface area contributed by atoms with Crippen LogP contribution >= 0.6 is 11.8 Å². The van der Waals surface area contributed by atoms with Crippen LogP contribution in [0.15, 0.2) is 95.6 Å². The van der Waals surface area contributed by atoms with Gasteiger partial charge in [-0.2, -0.15) is 0 Å². The fourth-order valence-corrected chi connectivity index (χ4v) is 5.69. The van der Waals surface area contributed by atoms with Gasteiger partial charge in [0.05, 0.1) is 18.6 Å². The minimum atomic E-state index is -0.275. The molecule has 1 aliphatic rings. The van der Waals surface area contributed by atoms with Crippen molar-refractivity contribution in [3.8, 4) is 0 Å². The van der Waals surface area contributed by atoms with Gasteiger partial charge in [-0.05, 0) is 52.9 Å². The van der Waals surface area contributed by atoms with Crippen LogP contribution in [0.2, 0.25) is 0 Å². The Kier molecular flexibility index (Phi) is 7.44. The van der Waals surface area contributed by atoms with Crippen molar-refractivity contribution in [2.45, 2.75) is 38.1 Å². The van der Waals surface area contributed by atoms with E-state index in [-0.39, 0.29) is 28.4 Å². The molecule has 0 radical (unpaired) electrons. The molecule has 6 nitrogen and oxygen atoms in total. The number of amides is 2. The van der Waals surface area contributed by atoms with Gasteiger partial charge in [0.1, 0.15) is 11.1 Å². The zero-order valence-corrected chi connectivity index (χ0v) is 23.0. The van der Waals surface area contributed by atoms with Gasteiger partial charge in [0.25, 0.3) is 5.91 Å². The largest absolute Gasteiger partial charge is 0.467 e. The number of hydrogen-bond donors (Lipinski definition) is 1. The van der Waals surface area contributed by atoms with Crippen molar-refractivity contribution in [3.63, 3.8) is 0 Å². The highest BCUT2D eigenvalue weighted by Crippen LogP contribution is 2.39. The number of carbonyl (C=O) groups excluding carboxylic acids is 3. The van der Waals surface area contributed by atoms with Gasteiger partial charge in [0.15, 0.2) is 5.78 Å². The first-order valence-electron chi connectivity index (χ1n) is 12.8. The van der Waals surface area contributed by atoms with Crippen LogP contribution in [0.3, 0.4) is 0 Å². The third kappa shape index (κ3) is 5.99. The number of nitrogens with zero attached hydrogens (tertiary/aromatic N) is 1. The number of anilines is 1. The van der Waals surface area contributed by atoms with Crippen molar-refractivity contribution in [2.75, 3.05) is 11.1 Å². The number of ketones is 1. The molecule has 0 unspecified atom stereocenters. The number of hydrogen-bond acceptors (Lipinski definition) is 5. The van der Waals surface area contributed by atoms with E-state index >= 15 is 0 Å². The first-order valence-corrected chi connectivity index (χ1v) is 13.8. The predicted molar refractivity (Wildman–Crippen MR) is 154 cm³/mol. The summed E-state index contributed by atoms with van der Waals surface area (Å²) < 4.78 is 5.42. The van der Waals surface area contributed by atoms with E-state index in [1.807, 2.05) is 42.5 Å². The van der Waals surface area contributed by atoms with E-state index in [9.17, 15) is 14.4 Å². The Morgan fingerprint density at radius 3 is 2.31 bits per heavy atom. The summed E-state index contributed by atoms with van der Waals surface area (Å²) in [6, 6.07) is 25.6. The van der Waals surface area contributed by atoms with Crippen molar-refractivity contribution in [2.24, 2.45) is 0 Å². The second-order valence-electron chi connectivity index (χ2n) is 10.6. The molecule has 1 aliphatic heterocycles. The maximum Gasteiger partial charge on any atom is 0.255 e. The number of nitrogens with one attached hydrogen (secondary N) is 1. The highest BCUT2D eigenvalue weighted by atomic mass is 32.2. The summed E-state index contributed by atoms with van der Waals surface area (Å²) in [5.74, 6) is 0.822. The fourth-order valence-electron chi connectivity index (χ4n) is 4.50. The quantitative estimate of drug-likeness (QED) is 0.261. The molecular weight excluding hydrogens is 508 g/mol. The zero-order chi connectivity index (χ0) is 27.6. The van der Waals surface area contributed by atoms with Gasteiger partial charge in [0.2, 0.25) is 5.91 Å². The fraction of sp³-hybridized carbons (Fsp3) is 0.219. The monoisotopic (exact) mass is 538 g/mol. The Balaban J connectivity index is 1.26. The third-order valence-electron chi connectivity index (χ3n) is 6.73. The summed E-state index contributed by atoms with van der Waals surface area (Å²) >= 11 is 1.56. The van der Waals surface area contributed by atoms with E-state index in [0.717, 1.165) is 16.9 Å². The standard InChI is InChI=1S/C32H30N2O4S/c1-32(2,3)25-15-13-21(14-16-25)29(36)24-6-4-7-26(18-24)33-30(37)22-9-11-23(12-10-22)31-34(28(35)20-39-31)19-27-8-5-17-38-27/h4-18,31H,19-20H2,1-3H3,(H,33,37)/t31-/m1/s1. The molecule has 1 atom stereocenters. The lowest BCUT2D eigenvalue weighted by Gasteiger charge is -2.23. The Bertz CT molecular complexity index is 1490. The van der Waals surface area contributed by atoms with Gasteiger partial charge in [-0.3, -0.25) is 14.4 Å². The van der Waals surface area contributed by atoms with Gasteiger partial charge < -0.3 is 14.6 Å². The van der Waals surface area contributed by atoms with E-state index in [4.69, 9.17) is 4.42 Å². The van der Waals surface area contributed by atoms with Crippen LogP contribution < -0.4 is 5.32 Å². The highest BCUT2D eigenvalue weighted by molar-refractivity contribution is 8.00. The molecule has 198 valence electrons. The molecular formula is C32H30N2O4S. The average Bonchev–Trinajstić information content (AvgIpc) is 3.58. The molecule has 1 aromatic heterocycles. The summed E-state index contributed by atoms with van der Waals surface area (Å²) in [4.78, 5) is 40.3. The first kappa shape index (κ1) is 26.5. The van der Waals surface area contributed by atoms with E-state index in [1.165, 1.54) is 0 Å². The van der Waals surface area contributed by atoms with Crippen LogP contribution in [-0.4, -0.2) is 28.3 Å². The summed E-state index contributed by atoms with van der Waals surface area (Å²) in [6.45, 7) is 6.81. The second kappa shape index (κ2) is 10.9. The molecule has 0 saturated carbocycles. The van der Waals surface area contributed by atoms with Crippen molar-refractivity contribution >= 4 is 35.0 Å². The summed E-state index contributed by atoms with van der Waals surface area (Å²) in [6.07, 6.45) is 1.60. The average molecular weight is 539 g/mol. The van der Waals surface area contributed by atoms with Crippen molar-refractivity contribution in [1.29, 1.82) is 0 Å². The topological polar surface area (TPSA) is 79.6 Å². The maximum atomic E-state index is 13.1. The Labute approximate surface area is 232 Å². The highest BCUT2D eigenvalue weighted by Gasteiger charge is 2.33. The van der Waals surface area contributed by atoms with Crippen LogP contribution in [0.25, 0.3) is 0 Å². The lowest BCUT2D eigenvalue weighted by atomic mass is 9.86. The molecule has 0 aliphatic carbocycles. The molecule has 39 heavy (non-hydrogen) atoms. The lowest BCUT2D eigenvalue weighted by Crippen LogP contribution is -2.27. The molecule has 1 saturated heterocycles. The molecule has 2 heterocycles. The van der Waals surface area contributed by atoms with Crippen LogP contribution in [0.5, 0.6) is 0 Å². The molecule has 1 fully saturated rings. The van der Waals surface area contributed by atoms with Crippen molar-refractivity contribution in [1.82, 2.24) is 4.90 Å². The lowest BCUT2D eigenvalue weighted by molar-refractivity contribution is -0.128. The SMILES string of the molecule is CC(C)(C)c1ccc(C(=O)c2cccc(NC(=O)c3ccc([C@H]4SCC(=O)N4Cc4ccco4)cc3)c2)cc1. The summed E-state index contributed by atoms with van der Waals surface area (Å²) in [5.41, 5.74) is 4.26. The van der Waals surface area contributed by atoms with Crippen LogP contribution in [-0.2, 0) is 16.8 Å². The minimum absolute atomic E-state index is 0.0106. The number of furan rings is 1. The smallest absolute Gasteiger partial charge is 0.255 e. The van der Waals surface area contributed by atoms with Gasteiger partial charge in [0, 0.05) is 22.4 Å². The van der Waals surface area contributed by atoms with Gasteiger partial charge >= 0.3 is 0 Å².